The van der Waals surface area contributed by atoms with Crippen molar-refractivity contribution in [1.82, 2.24) is 10.2 Å². The quantitative estimate of drug-likeness (QED) is 0.650. The van der Waals surface area contributed by atoms with Gasteiger partial charge in [0.2, 0.25) is 5.91 Å². The smallest absolute Gasteiger partial charge is 0.264 e. The molecular formula is C23H30N2O4S. The molecule has 0 radical (unpaired) electrons. The fraction of sp³-hybridized carbons (Fsp3) is 0.478. The number of amides is 2. The maximum atomic E-state index is 12.6. The van der Waals surface area contributed by atoms with Crippen molar-refractivity contribution in [3.8, 4) is 11.5 Å². The van der Waals surface area contributed by atoms with Gasteiger partial charge in [0.05, 0.1) is 24.1 Å². The molecule has 162 valence electrons. The van der Waals surface area contributed by atoms with Crippen LogP contribution in [0.4, 0.5) is 0 Å². The van der Waals surface area contributed by atoms with E-state index in [0.717, 1.165) is 43.6 Å². The maximum Gasteiger partial charge on any atom is 0.264 e. The molecule has 6 nitrogen and oxygen atoms in total. The number of hydrogen-bond donors (Lipinski definition) is 1. The van der Waals surface area contributed by atoms with Crippen LogP contribution in [0.2, 0.25) is 0 Å². The predicted molar refractivity (Wildman–Crippen MR) is 118 cm³/mol. The zero-order valence-electron chi connectivity index (χ0n) is 17.6. The van der Waals surface area contributed by atoms with Crippen molar-refractivity contribution in [1.29, 1.82) is 0 Å². The van der Waals surface area contributed by atoms with Crippen molar-refractivity contribution in [3.05, 3.63) is 46.7 Å². The molecule has 3 rings (SSSR count). The van der Waals surface area contributed by atoms with E-state index < -0.39 is 0 Å². The Bertz CT molecular complexity index is 807. The molecule has 2 atom stereocenters. The fourth-order valence-electron chi connectivity index (χ4n) is 3.54. The summed E-state index contributed by atoms with van der Waals surface area (Å²) in [6.45, 7) is 2.80. The normalized spacial score (nSPS) is 18.5. The number of carbonyl (C=O) groups excluding carboxylic acids is 2. The van der Waals surface area contributed by atoms with Gasteiger partial charge in [0.25, 0.3) is 5.91 Å². The number of nitrogens with one attached hydrogen (secondary N) is 1. The minimum Gasteiger partial charge on any atom is -0.494 e. The lowest BCUT2D eigenvalue weighted by atomic mass is 9.92. The summed E-state index contributed by atoms with van der Waals surface area (Å²) in [5.41, 5.74) is 0. The molecule has 7 heteroatoms. The van der Waals surface area contributed by atoms with Crippen molar-refractivity contribution in [3.63, 3.8) is 0 Å². The van der Waals surface area contributed by atoms with Crippen LogP contribution in [0.15, 0.2) is 41.8 Å². The Morgan fingerprint density at radius 1 is 1.13 bits per heavy atom. The molecule has 2 amide bonds. The van der Waals surface area contributed by atoms with Gasteiger partial charge in [-0.25, -0.2) is 0 Å². The van der Waals surface area contributed by atoms with E-state index in [0.29, 0.717) is 11.5 Å². The van der Waals surface area contributed by atoms with Crippen LogP contribution in [0.3, 0.4) is 0 Å². The third kappa shape index (κ3) is 6.23. The van der Waals surface area contributed by atoms with Crippen molar-refractivity contribution in [2.45, 2.75) is 51.2 Å². The summed E-state index contributed by atoms with van der Waals surface area (Å²) in [6.07, 6.45) is 4.78. The number of hydrogen-bond acceptors (Lipinski definition) is 5. The molecule has 0 spiro atoms. The van der Waals surface area contributed by atoms with Gasteiger partial charge in [-0.2, -0.15) is 0 Å². The van der Waals surface area contributed by atoms with Gasteiger partial charge >= 0.3 is 0 Å². The van der Waals surface area contributed by atoms with Crippen LogP contribution in [-0.4, -0.2) is 49.1 Å². The SMILES string of the molecule is CCCOc1ccc(O[C@H]2CCCC[C@H]2NC(=O)CN(C)C(=O)c2cccs2)cc1. The second-order valence-electron chi connectivity index (χ2n) is 7.57. The van der Waals surface area contributed by atoms with Gasteiger partial charge in [-0.15, -0.1) is 11.3 Å². The van der Waals surface area contributed by atoms with Gasteiger partial charge in [-0.1, -0.05) is 19.4 Å². The first-order chi connectivity index (χ1) is 14.6. The molecule has 0 bridgehead atoms. The summed E-state index contributed by atoms with van der Waals surface area (Å²) in [4.78, 5) is 27.0. The van der Waals surface area contributed by atoms with Gasteiger partial charge in [-0.3, -0.25) is 9.59 Å². The first-order valence-electron chi connectivity index (χ1n) is 10.5. The van der Waals surface area contributed by atoms with Crippen LogP contribution >= 0.6 is 11.3 Å². The Hall–Kier alpha value is -2.54. The summed E-state index contributed by atoms with van der Waals surface area (Å²) >= 11 is 1.38. The average molecular weight is 431 g/mol. The van der Waals surface area contributed by atoms with Crippen LogP contribution in [0.5, 0.6) is 11.5 Å². The number of rotatable bonds is 9. The first kappa shape index (κ1) is 22.2. The van der Waals surface area contributed by atoms with Crippen LogP contribution in [-0.2, 0) is 4.79 Å². The number of nitrogens with zero attached hydrogens (tertiary/aromatic N) is 1. The van der Waals surface area contributed by atoms with E-state index in [2.05, 4.69) is 12.2 Å². The average Bonchev–Trinajstić information content (AvgIpc) is 3.29. The lowest BCUT2D eigenvalue weighted by Gasteiger charge is -2.33. The highest BCUT2D eigenvalue weighted by Crippen LogP contribution is 2.25. The molecule has 1 saturated carbocycles. The van der Waals surface area contributed by atoms with Crippen LogP contribution < -0.4 is 14.8 Å². The molecule has 0 unspecified atom stereocenters. The second-order valence-corrected chi connectivity index (χ2v) is 8.52. The van der Waals surface area contributed by atoms with Crippen LogP contribution in [0, 0.1) is 0 Å². The highest BCUT2D eigenvalue weighted by Gasteiger charge is 2.29. The number of likely N-dealkylation sites (N-methyl/N-ethyl adjacent to an activating group) is 1. The maximum absolute atomic E-state index is 12.6. The lowest BCUT2D eigenvalue weighted by Crippen LogP contribution is -2.50. The summed E-state index contributed by atoms with van der Waals surface area (Å²) in [5.74, 6) is 1.30. The van der Waals surface area contributed by atoms with Crippen molar-refractivity contribution < 1.29 is 19.1 Å². The zero-order valence-corrected chi connectivity index (χ0v) is 18.5. The number of thiophene rings is 1. The van der Waals surface area contributed by atoms with E-state index in [1.165, 1.54) is 16.2 Å². The fourth-order valence-corrected chi connectivity index (χ4v) is 4.26. The monoisotopic (exact) mass is 430 g/mol. The molecule has 1 aliphatic carbocycles. The summed E-state index contributed by atoms with van der Waals surface area (Å²) in [5, 5.41) is 4.94. The van der Waals surface area contributed by atoms with E-state index >= 15 is 0 Å². The minimum absolute atomic E-state index is 0.0312. The molecule has 0 saturated heterocycles. The molecule has 1 fully saturated rings. The summed E-state index contributed by atoms with van der Waals surface area (Å²) < 4.78 is 11.8. The molecule has 0 aliphatic heterocycles. The Kier molecular flexibility index (Phi) is 8.13. The summed E-state index contributed by atoms with van der Waals surface area (Å²) in [6, 6.07) is 11.2. The van der Waals surface area contributed by atoms with Gasteiger partial charge < -0.3 is 19.7 Å². The minimum atomic E-state index is -0.161. The first-order valence-corrected chi connectivity index (χ1v) is 11.4. The van der Waals surface area contributed by atoms with E-state index in [9.17, 15) is 9.59 Å². The van der Waals surface area contributed by atoms with Gasteiger partial charge in [0, 0.05) is 7.05 Å². The highest BCUT2D eigenvalue weighted by atomic mass is 32.1. The molecule has 2 aromatic rings. The number of carbonyl (C=O) groups is 2. The van der Waals surface area contributed by atoms with Gasteiger partial charge in [0.15, 0.2) is 0 Å². The highest BCUT2D eigenvalue weighted by molar-refractivity contribution is 7.12. The van der Waals surface area contributed by atoms with E-state index in [1.54, 1.807) is 13.1 Å². The zero-order chi connectivity index (χ0) is 21.3. The van der Waals surface area contributed by atoms with Crippen molar-refractivity contribution >= 4 is 23.2 Å². The van der Waals surface area contributed by atoms with Gasteiger partial charge in [-0.05, 0) is 61.4 Å². The number of benzene rings is 1. The molecule has 1 aromatic heterocycles. The molecule has 30 heavy (non-hydrogen) atoms. The van der Waals surface area contributed by atoms with E-state index in [1.807, 2.05) is 35.7 Å². The standard InChI is InChI=1S/C23H30N2O4S/c1-3-14-28-17-10-12-18(13-11-17)29-20-8-5-4-7-19(20)24-22(26)16-25(2)23(27)21-9-6-15-30-21/h6,9-13,15,19-20H,3-5,7-8,14,16H2,1-2H3,(H,24,26)/t19-,20+/m1/s1. The third-order valence-electron chi connectivity index (χ3n) is 5.09. The van der Waals surface area contributed by atoms with Crippen molar-refractivity contribution in [2.75, 3.05) is 20.2 Å². The largest absolute Gasteiger partial charge is 0.494 e. The molecule has 1 heterocycles. The van der Waals surface area contributed by atoms with Gasteiger partial charge in [0.1, 0.15) is 17.6 Å². The molecule has 1 aliphatic rings. The molecular weight excluding hydrogens is 400 g/mol. The van der Waals surface area contributed by atoms with Crippen molar-refractivity contribution in [2.24, 2.45) is 0 Å². The lowest BCUT2D eigenvalue weighted by molar-refractivity contribution is -0.123. The van der Waals surface area contributed by atoms with Crippen LogP contribution in [0.25, 0.3) is 0 Å². The van der Waals surface area contributed by atoms with E-state index in [4.69, 9.17) is 9.47 Å². The molecule has 1 N–H and O–H groups in total. The Morgan fingerprint density at radius 3 is 2.57 bits per heavy atom. The predicted octanol–water partition coefficient (Wildman–Crippen LogP) is 4.12. The Balaban J connectivity index is 1.53. The molecule has 1 aromatic carbocycles. The van der Waals surface area contributed by atoms with Crippen LogP contribution in [0.1, 0.15) is 48.7 Å². The third-order valence-corrected chi connectivity index (χ3v) is 5.95. The van der Waals surface area contributed by atoms with E-state index in [-0.39, 0.29) is 30.5 Å². The Morgan fingerprint density at radius 2 is 1.87 bits per heavy atom. The second kappa shape index (κ2) is 11.0. The number of ether oxygens (including phenoxy) is 2. The topological polar surface area (TPSA) is 67.9 Å². The Labute approximate surface area is 182 Å². The summed E-state index contributed by atoms with van der Waals surface area (Å²) in [7, 11) is 1.65.